The molecule has 1 saturated heterocycles. The van der Waals surface area contributed by atoms with Crippen molar-refractivity contribution in [2.75, 3.05) is 31.1 Å². The fourth-order valence-electron chi connectivity index (χ4n) is 3.50. The molecule has 0 saturated carbocycles. The van der Waals surface area contributed by atoms with E-state index in [0.717, 1.165) is 27.8 Å². The van der Waals surface area contributed by atoms with Gasteiger partial charge in [-0.3, -0.25) is 0 Å². The van der Waals surface area contributed by atoms with Gasteiger partial charge in [-0.2, -0.15) is 4.31 Å². The average Bonchev–Trinajstić information content (AvgIpc) is 2.68. The molecule has 0 radical (unpaired) electrons. The molecule has 2 heterocycles. The smallest absolute Gasteiger partial charge is 0.243 e. The van der Waals surface area contributed by atoms with Crippen LogP contribution < -0.4 is 4.90 Å². The molecule has 3 aromatic rings. The van der Waals surface area contributed by atoms with E-state index in [2.05, 4.69) is 14.9 Å². The van der Waals surface area contributed by atoms with Crippen LogP contribution in [-0.4, -0.2) is 48.9 Å². The highest BCUT2D eigenvalue weighted by atomic mass is 32.2. The topological polar surface area (TPSA) is 66.4 Å². The second-order valence-corrected chi connectivity index (χ2v) is 8.81. The number of aryl methyl sites for hydroxylation is 2. The van der Waals surface area contributed by atoms with Crippen LogP contribution in [0.25, 0.3) is 10.9 Å². The van der Waals surface area contributed by atoms with E-state index >= 15 is 0 Å². The summed E-state index contributed by atoms with van der Waals surface area (Å²) in [7, 11) is -3.46. The molecule has 0 bridgehead atoms. The van der Waals surface area contributed by atoms with Crippen LogP contribution in [0.1, 0.15) is 11.1 Å². The van der Waals surface area contributed by atoms with Crippen LogP contribution in [0, 0.1) is 13.8 Å². The van der Waals surface area contributed by atoms with Crippen molar-refractivity contribution < 1.29 is 8.42 Å². The predicted molar refractivity (Wildman–Crippen MR) is 106 cm³/mol. The maximum absolute atomic E-state index is 12.9. The Balaban J connectivity index is 1.57. The van der Waals surface area contributed by atoms with Gasteiger partial charge in [-0.15, -0.1) is 0 Å². The Kier molecular flexibility index (Phi) is 4.57. The Hall–Kier alpha value is -2.51. The second-order valence-electron chi connectivity index (χ2n) is 6.87. The summed E-state index contributed by atoms with van der Waals surface area (Å²) < 4.78 is 27.3. The minimum absolute atomic E-state index is 0.352. The first-order valence-corrected chi connectivity index (χ1v) is 10.4. The number of aromatic nitrogens is 2. The molecule has 0 aliphatic carbocycles. The molecule has 1 aliphatic rings. The van der Waals surface area contributed by atoms with Gasteiger partial charge in [0.1, 0.15) is 12.1 Å². The first-order valence-electron chi connectivity index (χ1n) is 8.99. The zero-order valence-electron chi connectivity index (χ0n) is 15.5. The van der Waals surface area contributed by atoms with Gasteiger partial charge < -0.3 is 4.90 Å². The Bertz CT molecular complexity index is 1070. The maximum Gasteiger partial charge on any atom is 0.243 e. The van der Waals surface area contributed by atoms with Crippen LogP contribution in [0.3, 0.4) is 0 Å². The first-order chi connectivity index (χ1) is 13.0. The molecule has 1 aliphatic heterocycles. The second kappa shape index (κ2) is 6.90. The van der Waals surface area contributed by atoms with Crippen LogP contribution in [0.15, 0.2) is 53.7 Å². The summed E-state index contributed by atoms with van der Waals surface area (Å²) in [5.74, 6) is 0.880. The standard InChI is InChI=1S/C20H22N4O2S/c1-15-6-8-17(9-7-15)27(25,26)24-12-10-23(11-13-24)20-19-16(2)4-3-5-18(19)21-14-22-20/h3-9,14H,10-13H2,1-2H3. The molecule has 4 rings (SSSR count). The molecule has 140 valence electrons. The summed E-state index contributed by atoms with van der Waals surface area (Å²) >= 11 is 0. The van der Waals surface area contributed by atoms with Gasteiger partial charge in [-0.25, -0.2) is 18.4 Å². The number of anilines is 1. The summed E-state index contributed by atoms with van der Waals surface area (Å²) in [6.45, 7) is 6.08. The van der Waals surface area contributed by atoms with Crippen LogP contribution in [-0.2, 0) is 10.0 Å². The van der Waals surface area contributed by atoms with Gasteiger partial charge >= 0.3 is 0 Å². The van der Waals surface area contributed by atoms with Gasteiger partial charge in [0, 0.05) is 31.6 Å². The highest BCUT2D eigenvalue weighted by molar-refractivity contribution is 7.89. The van der Waals surface area contributed by atoms with Crippen LogP contribution in [0.5, 0.6) is 0 Å². The van der Waals surface area contributed by atoms with Crippen molar-refractivity contribution in [3.05, 3.63) is 59.9 Å². The minimum Gasteiger partial charge on any atom is -0.353 e. The molecule has 0 atom stereocenters. The SMILES string of the molecule is Cc1ccc(S(=O)(=O)N2CCN(c3ncnc4cccc(C)c34)CC2)cc1. The third-order valence-corrected chi connectivity index (χ3v) is 6.96. The number of hydrogen-bond acceptors (Lipinski definition) is 5. The molecule has 1 fully saturated rings. The third-order valence-electron chi connectivity index (χ3n) is 5.05. The molecule has 0 spiro atoms. The molecular formula is C20H22N4O2S. The number of nitrogens with zero attached hydrogens (tertiary/aromatic N) is 4. The lowest BCUT2D eigenvalue weighted by Crippen LogP contribution is -2.49. The van der Waals surface area contributed by atoms with Gasteiger partial charge in [0.15, 0.2) is 0 Å². The van der Waals surface area contributed by atoms with Crippen molar-refractivity contribution >= 4 is 26.7 Å². The van der Waals surface area contributed by atoms with Crippen LogP contribution in [0.2, 0.25) is 0 Å². The molecule has 2 aromatic carbocycles. The Morgan fingerprint density at radius 3 is 2.30 bits per heavy atom. The zero-order chi connectivity index (χ0) is 19.0. The highest BCUT2D eigenvalue weighted by Gasteiger charge is 2.29. The lowest BCUT2D eigenvalue weighted by molar-refractivity contribution is 0.384. The van der Waals surface area contributed by atoms with E-state index in [1.165, 1.54) is 0 Å². The van der Waals surface area contributed by atoms with E-state index in [0.29, 0.717) is 31.1 Å². The number of sulfonamides is 1. The summed E-state index contributed by atoms with van der Waals surface area (Å²) in [5, 5.41) is 1.04. The summed E-state index contributed by atoms with van der Waals surface area (Å²) in [5.41, 5.74) is 3.08. The van der Waals surface area contributed by atoms with E-state index in [1.807, 2.05) is 44.2 Å². The molecular weight excluding hydrogens is 360 g/mol. The first kappa shape index (κ1) is 17.9. The normalized spacial score (nSPS) is 16.0. The number of rotatable bonds is 3. The van der Waals surface area contributed by atoms with Crippen molar-refractivity contribution in [2.24, 2.45) is 0 Å². The number of benzene rings is 2. The van der Waals surface area contributed by atoms with Crippen molar-refractivity contribution in [1.82, 2.24) is 14.3 Å². The zero-order valence-corrected chi connectivity index (χ0v) is 16.3. The van der Waals surface area contributed by atoms with E-state index in [4.69, 9.17) is 0 Å². The van der Waals surface area contributed by atoms with Gasteiger partial charge in [0.05, 0.1) is 10.4 Å². The minimum atomic E-state index is -3.46. The maximum atomic E-state index is 12.9. The summed E-state index contributed by atoms with van der Waals surface area (Å²) in [6.07, 6.45) is 1.58. The van der Waals surface area contributed by atoms with Crippen molar-refractivity contribution in [2.45, 2.75) is 18.7 Å². The molecule has 0 amide bonds. The lowest BCUT2D eigenvalue weighted by atomic mass is 10.1. The molecule has 7 heteroatoms. The fraction of sp³-hybridized carbons (Fsp3) is 0.300. The Morgan fingerprint density at radius 1 is 0.889 bits per heavy atom. The highest BCUT2D eigenvalue weighted by Crippen LogP contribution is 2.27. The fourth-order valence-corrected chi connectivity index (χ4v) is 4.92. The van der Waals surface area contributed by atoms with E-state index in [-0.39, 0.29) is 0 Å². The van der Waals surface area contributed by atoms with Gasteiger partial charge in [0.25, 0.3) is 0 Å². The average molecular weight is 382 g/mol. The largest absolute Gasteiger partial charge is 0.353 e. The molecule has 1 aromatic heterocycles. The van der Waals surface area contributed by atoms with Crippen molar-refractivity contribution in [3.8, 4) is 0 Å². The van der Waals surface area contributed by atoms with Gasteiger partial charge in [-0.05, 0) is 37.6 Å². The number of fused-ring (bicyclic) bond motifs is 1. The number of piperazine rings is 1. The molecule has 27 heavy (non-hydrogen) atoms. The molecule has 0 unspecified atom stereocenters. The molecule has 0 N–H and O–H groups in total. The van der Waals surface area contributed by atoms with E-state index in [9.17, 15) is 8.42 Å². The predicted octanol–water partition coefficient (Wildman–Crippen LogP) is 2.76. The lowest BCUT2D eigenvalue weighted by Gasteiger charge is -2.35. The third kappa shape index (κ3) is 3.28. The monoisotopic (exact) mass is 382 g/mol. The van der Waals surface area contributed by atoms with Crippen molar-refractivity contribution in [3.63, 3.8) is 0 Å². The van der Waals surface area contributed by atoms with Crippen LogP contribution >= 0.6 is 0 Å². The Morgan fingerprint density at radius 2 is 1.59 bits per heavy atom. The van der Waals surface area contributed by atoms with E-state index in [1.54, 1.807) is 22.8 Å². The van der Waals surface area contributed by atoms with E-state index < -0.39 is 10.0 Å². The van der Waals surface area contributed by atoms with Gasteiger partial charge in [0.2, 0.25) is 10.0 Å². The van der Waals surface area contributed by atoms with Crippen LogP contribution in [0.4, 0.5) is 5.82 Å². The molecule has 6 nitrogen and oxygen atoms in total. The summed E-state index contributed by atoms with van der Waals surface area (Å²) in [6, 6.07) is 13.0. The number of hydrogen-bond donors (Lipinski definition) is 0. The van der Waals surface area contributed by atoms with Crippen molar-refractivity contribution in [1.29, 1.82) is 0 Å². The quantitative estimate of drug-likeness (QED) is 0.697. The van der Waals surface area contributed by atoms with Gasteiger partial charge in [-0.1, -0.05) is 29.8 Å². The Labute approximate surface area is 159 Å². The summed E-state index contributed by atoms with van der Waals surface area (Å²) in [4.78, 5) is 11.4.